The fourth-order valence-corrected chi connectivity index (χ4v) is 8.02. The Bertz CT molecular complexity index is 1880. The largest absolute Gasteiger partial charge is 0.514 e. The van der Waals surface area contributed by atoms with Crippen LogP contribution in [0.5, 0.6) is 11.5 Å². The van der Waals surface area contributed by atoms with Crippen molar-refractivity contribution in [2.45, 2.75) is 121 Å². The van der Waals surface area contributed by atoms with Crippen LogP contribution in [0.4, 0.5) is 4.79 Å². The van der Waals surface area contributed by atoms with Gasteiger partial charge in [0.2, 0.25) is 12.2 Å². The van der Waals surface area contributed by atoms with Gasteiger partial charge in [-0.25, -0.2) is 14.4 Å². The number of hydrogen-bond donors (Lipinski definition) is 1. The van der Waals surface area contributed by atoms with E-state index in [2.05, 4.69) is 4.90 Å². The van der Waals surface area contributed by atoms with Gasteiger partial charge in [0.1, 0.15) is 17.0 Å². The zero-order valence-electron chi connectivity index (χ0n) is 31.8. The molecule has 6 rings (SSSR count). The molecular weight excluding hydrogens is 702 g/mol. The first-order chi connectivity index (χ1) is 25.2. The summed E-state index contributed by atoms with van der Waals surface area (Å²) in [4.78, 5) is 67.3. The van der Waals surface area contributed by atoms with Gasteiger partial charge >= 0.3 is 30.0 Å². The van der Waals surface area contributed by atoms with Crippen LogP contribution >= 0.6 is 0 Å². The Kier molecular flexibility index (Phi) is 10.1. The summed E-state index contributed by atoms with van der Waals surface area (Å²) in [6.45, 7) is 11.7. The highest BCUT2D eigenvalue weighted by molar-refractivity contribution is 5.87. The third-order valence-electron chi connectivity index (χ3n) is 10.0. The number of rotatable bonds is 9. The number of likely N-dealkylation sites (N-methyl/N-ethyl adjacent to an activating group) is 1. The highest BCUT2D eigenvalue weighted by Crippen LogP contribution is 2.65. The minimum absolute atomic E-state index is 0.0718. The third kappa shape index (κ3) is 7.28. The van der Waals surface area contributed by atoms with Crippen LogP contribution in [0.3, 0.4) is 0 Å². The Balaban J connectivity index is 1.33. The van der Waals surface area contributed by atoms with Crippen molar-refractivity contribution in [3.05, 3.63) is 71.0 Å². The number of benzene rings is 2. The van der Waals surface area contributed by atoms with E-state index >= 15 is 0 Å². The summed E-state index contributed by atoms with van der Waals surface area (Å²) in [5, 5.41) is 12.7. The lowest BCUT2D eigenvalue weighted by Gasteiger charge is -2.61. The maximum Gasteiger partial charge on any atom is 0.514 e. The summed E-state index contributed by atoms with van der Waals surface area (Å²) in [6.07, 6.45) is -3.40. The highest BCUT2D eigenvalue weighted by Gasteiger charge is 2.72. The molecule has 4 aliphatic rings. The smallest absolute Gasteiger partial charge is 0.477 e. The highest BCUT2D eigenvalue weighted by atomic mass is 16.7. The van der Waals surface area contributed by atoms with Gasteiger partial charge in [-0.2, -0.15) is 0 Å². The Labute approximate surface area is 313 Å². The predicted molar refractivity (Wildman–Crippen MR) is 189 cm³/mol. The molecule has 1 spiro atoms. The summed E-state index contributed by atoms with van der Waals surface area (Å²) in [5.74, 6) is -3.44. The number of carbonyl (C=O) groups excluding carboxylic acids is 5. The van der Waals surface area contributed by atoms with E-state index in [1.165, 1.54) is 0 Å². The Morgan fingerprint density at radius 3 is 2.26 bits per heavy atom. The molecule has 1 unspecified atom stereocenters. The van der Waals surface area contributed by atoms with Crippen LogP contribution in [-0.2, 0) is 54.7 Å². The molecule has 0 radical (unpaired) electrons. The fraction of sp³-hybridized carbons (Fsp3) is 0.525. The molecule has 2 aliphatic carbocycles. The van der Waals surface area contributed by atoms with E-state index in [9.17, 15) is 29.1 Å². The third-order valence-corrected chi connectivity index (χ3v) is 10.0. The van der Waals surface area contributed by atoms with Gasteiger partial charge in [0.05, 0.1) is 17.4 Å². The van der Waals surface area contributed by atoms with Gasteiger partial charge in [0.25, 0.3) is 0 Å². The summed E-state index contributed by atoms with van der Waals surface area (Å²) < 4.78 is 39.9. The number of esters is 4. The van der Waals surface area contributed by atoms with Crippen molar-refractivity contribution in [1.82, 2.24) is 4.90 Å². The van der Waals surface area contributed by atoms with Crippen molar-refractivity contribution >= 4 is 30.0 Å². The van der Waals surface area contributed by atoms with Crippen LogP contribution in [0.15, 0.2) is 54.3 Å². The number of likely N-dealkylation sites (tertiary alicyclic amines) is 1. The van der Waals surface area contributed by atoms with Gasteiger partial charge < -0.3 is 43.2 Å². The van der Waals surface area contributed by atoms with Gasteiger partial charge in [-0.15, -0.1) is 0 Å². The van der Waals surface area contributed by atoms with Crippen LogP contribution in [0.2, 0.25) is 0 Å². The van der Waals surface area contributed by atoms with Crippen molar-refractivity contribution < 1.29 is 62.2 Å². The standard InChI is InChI=1S/C40H47NO13/c1-22(42)48-27(21-29(43)53-37(2,3)4)34(44)52-31(23-12-10-9-11-13-23)35(45)49-26-16-17-40(47)28-20-24-14-15-25(50-36(46)54-38(5,6)7)32-30(24)39(40,33(26)51-32)18-19-41(28)8/h9-16,27-28,31,33,47H,17-21H2,1-8H3/t27?,28-,31+,33+,39+,40-/m1/s1. The van der Waals surface area contributed by atoms with Crippen molar-refractivity contribution in [1.29, 1.82) is 0 Å². The lowest BCUT2D eigenvalue weighted by molar-refractivity contribution is -0.184. The van der Waals surface area contributed by atoms with Crippen LogP contribution in [0.1, 0.15) is 90.5 Å². The molecule has 2 aromatic carbocycles. The fourth-order valence-electron chi connectivity index (χ4n) is 8.02. The monoisotopic (exact) mass is 749 g/mol. The lowest BCUT2D eigenvalue weighted by Crippen LogP contribution is -2.74. The van der Waals surface area contributed by atoms with Crippen molar-refractivity contribution in [2.24, 2.45) is 0 Å². The van der Waals surface area contributed by atoms with E-state index in [-0.39, 0.29) is 35.3 Å². The topological polar surface area (TPSA) is 173 Å². The zero-order valence-corrected chi connectivity index (χ0v) is 31.8. The zero-order chi connectivity index (χ0) is 39.4. The molecule has 14 heteroatoms. The SMILES string of the molecule is CC(=O)OC(CC(=O)OC(C)(C)C)C(=O)O[C@H](C(=O)OC1=CC[C@@]2(O)[C@H]3Cc4ccc(OC(=O)OC(C)(C)C)c5c4[C@@]2(CCN3C)[C@H]1O5)c1ccccc1. The first-order valence-corrected chi connectivity index (χ1v) is 17.9. The summed E-state index contributed by atoms with van der Waals surface area (Å²) in [5.41, 5.74) is -2.34. The molecule has 14 nitrogen and oxygen atoms in total. The molecule has 1 saturated heterocycles. The molecule has 54 heavy (non-hydrogen) atoms. The summed E-state index contributed by atoms with van der Waals surface area (Å²) in [6, 6.07) is 11.3. The second-order valence-electron chi connectivity index (χ2n) is 16.2. The first kappa shape index (κ1) is 38.8. The van der Waals surface area contributed by atoms with Gasteiger partial charge in [0, 0.05) is 30.5 Å². The number of hydrogen-bond acceptors (Lipinski definition) is 14. The number of ether oxygens (including phenoxy) is 7. The summed E-state index contributed by atoms with van der Waals surface area (Å²) >= 11 is 0. The lowest BCUT2D eigenvalue weighted by atomic mass is 9.50. The Morgan fingerprint density at radius 2 is 1.61 bits per heavy atom. The molecule has 290 valence electrons. The first-order valence-electron chi connectivity index (χ1n) is 17.9. The Hall–Kier alpha value is -4.95. The molecule has 0 amide bonds. The number of carbonyl (C=O) groups is 5. The van der Waals surface area contributed by atoms with E-state index < -0.39 is 77.0 Å². The van der Waals surface area contributed by atoms with Crippen molar-refractivity contribution in [3.63, 3.8) is 0 Å². The van der Waals surface area contributed by atoms with E-state index in [1.54, 1.807) is 84.0 Å². The number of piperidine rings is 1. The molecule has 0 aromatic heterocycles. The van der Waals surface area contributed by atoms with Crippen LogP contribution in [-0.4, -0.2) is 88.7 Å². The van der Waals surface area contributed by atoms with Gasteiger partial charge in [-0.1, -0.05) is 36.4 Å². The molecule has 1 fully saturated rings. The molecule has 2 aliphatic heterocycles. The van der Waals surface area contributed by atoms with E-state index in [4.69, 9.17) is 33.2 Å². The Morgan fingerprint density at radius 1 is 0.926 bits per heavy atom. The summed E-state index contributed by atoms with van der Waals surface area (Å²) in [7, 11) is 1.95. The van der Waals surface area contributed by atoms with Gasteiger partial charge in [0.15, 0.2) is 17.6 Å². The minimum atomic E-state index is -1.72. The molecule has 2 aromatic rings. The van der Waals surface area contributed by atoms with Crippen molar-refractivity contribution in [2.75, 3.05) is 13.6 Å². The molecular formula is C40H47NO13. The van der Waals surface area contributed by atoms with E-state index in [0.29, 0.717) is 24.9 Å². The second kappa shape index (κ2) is 14.0. The average Bonchev–Trinajstić information content (AvgIpc) is 3.42. The van der Waals surface area contributed by atoms with Gasteiger partial charge in [-0.05, 0) is 85.7 Å². The molecule has 2 heterocycles. The van der Waals surface area contributed by atoms with E-state index in [0.717, 1.165) is 12.5 Å². The van der Waals surface area contributed by atoms with Crippen LogP contribution in [0, 0.1) is 0 Å². The van der Waals surface area contributed by atoms with Crippen molar-refractivity contribution in [3.8, 4) is 11.5 Å². The molecule has 1 N–H and O–H groups in total. The molecule has 6 atom stereocenters. The van der Waals surface area contributed by atoms with E-state index in [1.807, 2.05) is 13.1 Å². The quantitative estimate of drug-likeness (QED) is 0.211. The average molecular weight is 750 g/mol. The second-order valence-corrected chi connectivity index (χ2v) is 16.2. The molecule has 0 saturated carbocycles. The van der Waals surface area contributed by atoms with Crippen LogP contribution < -0.4 is 9.47 Å². The maximum absolute atomic E-state index is 14.2. The minimum Gasteiger partial charge on any atom is -0.477 e. The van der Waals surface area contributed by atoms with Gasteiger partial charge in [-0.3, -0.25) is 9.59 Å². The maximum atomic E-state index is 14.2. The number of aliphatic hydroxyl groups is 1. The normalized spacial score (nSPS) is 25.1. The molecule has 2 bridgehead atoms. The number of nitrogens with zero attached hydrogens (tertiary/aromatic N) is 1. The van der Waals surface area contributed by atoms with Crippen LogP contribution in [0.25, 0.3) is 0 Å². The predicted octanol–water partition coefficient (Wildman–Crippen LogP) is 4.77.